The topological polar surface area (TPSA) is 63.8 Å². The van der Waals surface area contributed by atoms with E-state index in [0.29, 0.717) is 0 Å². The Balaban J connectivity index is 0.00000192. The Kier molecular flexibility index (Phi) is 6.65. The number of nitrogens with one attached hydrogen (secondary N) is 1. The van der Waals surface area contributed by atoms with Gasteiger partial charge < -0.3 is 11.1 Å². The van der Waals surface area contributed by atoms with Gasteiger partial charge in [-0.25, -0.2) is 4.98 Å². The molecule has 1 atom stereocenters. The predicted octanol–water partition coefficient (Wildman–Crippen LogP) is 5.09. The highest BCUT2D eigenvalue weighted by Crippen LogP contribution is 2.39. The molecule has 3 aromatic rings. The molecule has 23 heavy (non-hydrogen) atoms. The molecule has 0 amide bonds. The zero-order valence-electron chi connectivity index (χ0n) is 12.2. The van der Waals surface area contributed by atoms with Gasteiger partial charge in [0.05, 0.1) is 15.7 Å². The van der Waals surface area contributed by atoms with Gasteiger partial charge in [-0.15, -0.1) is 35.1 Å². The van der Waals surface area contributed by atoms with Crippen LogP contribution in [0.25, 0.3) is 10.2 Å². The molecule has 3 N–H and O–H groups in total. The Morgan fingerprint density at radius 1 is 1.43 bits per heavy atom. The van der Waals surface area contributed by atoms with Crippen LogP contribution >= 0.6 is 62.6 Å². The lowest BCUT2D eigenvalue weighted by molar-refractivity contribution is 0.745. The van der Waals surface area contributed by atoms with E-state index in [1.165, 1.54) is 9.75 Å². The van der Waals surface area contributed by atoms with Gasteiger partial charge in [0.2, 0.25) is 5.28 Å². The van der Waals surface area contributed by atoms with Crippen LogP contribution in [0.4, 0.5) is 5.82 Å². The third-order valence-corrected chi connectivity index (χ3v) is 6.40. The van der Waals surface area contributed by atoms with Crippen LogP contribution in [0.15, 0.2) is 22.0 Å². The Labute approximate surface area is 162 Å². The normalized spacial score (nSPS) is 12.2. The third kappa shape index (κ3) is 4.35. The highest BCUT2D eigenvalue weighted by Gasteiger charge is 2.17. The summed E-state index contributed by atoms with van der Waals surface area (Å²) in [6, 6.07) is 4.21. The SMILES string of the molecule is CC(N)Cc1sc2c(NCc3cccs3)nc(Cl)nc2c1Br.Cl. The highest BCUT2D eigenvalue weighted by molar-refractivity contribution is 9.10. The second-order valence-electron chi connectivity index (χ2n) is 4.97. The molecule has 3 heterocycles. The summed E-state index contributed by atoms with van der Waals surface area (Å²) in [6.45, 7) is 2.71. The van der Waals surface area contributed by atoms with Crippen molar-refractivity contribution >= 4 is 78.6 Å². The number of thiophene rings is 2. The first-order valence-electron chi connectivity index (χ1n) is 6.71. The molecule has 0 bridgehead atoms. The quantitative estimate of drug-likeness (QED) is 0.528. The summed E-state index contributed by atoms with van der Waals surface area (Å²) in [7, 11) is 0. The molecule has 0 saturated carbocycles. The van der Waals surface area contributed by atoms with Crippen LogP contribution in [0.5, 0.6) is 0 Å². The molecule has 0 aliphatic rings. The van der Waals surface area contributed by atoms with E-state index in [-0.39, 0.29) is 23.7 Å². The lowest BCUT2D eigenvalue weighted by Gasteiger charge is -2.05. The number of nitrogens with two attached hydrogens (primary N) is 1. The number of hydrogen-bond donors (Lipinski definition) is 2. The fourth-order valence-corrected chi connectivity index (χ4v) is 4.97. The molecular weight excluding hydrogens is 439 g/mol. The van der Waals surface area contributed by atoms with Crippen molar-refractivity contribution in [2.75, 3.05) is 5.32 Å². The molecule has 3 rings (SSSR count). The summed E-state index contributed by atoms with van der Waals surface area (Å²) in [5.74, 6) is 0.769. The maximum absolute atomic E-state index is 6.07. The molecule has 124 valence electrons. The number of nitrogens with zero attached hydrogens (tertiary/aromatic N) is 2. The summed E-state index contributed by atoms with van der Waals surface area (Å²) in [5, 5.41) is 5.66. The van der Waals surface area contributed by atoms with Crippen LogP contribution in [0, 0.1) is 0 Å². The fourth-order valence-electron chi connectivity index (χ4n) is 2.10. The maximum Gasteiger partial charge on any atom is 0.225 e. The van der Waals surface area contributed by atoms with Gasteiger partial charge in [0.15, 0.2) is 0 Å². The fraction of sp³-hybridized carbons (Fsp3) is 0.286. The van der Waals surface area contributed by atoms with Crippen LogP contribution < -0.4 is 11.1 Å². The van der Waals surface area contributed by atoms with Crippen molar-refractivity contribution in [2.45, 2.75) is 25.9 Å². The zero-order valence-corrected chi connectivity index (χ0v) is 17.0. The molecule has 0 radical (unpaired) electrons. The number of anilines is 1. The van der Waals surface area contributed by atoms with Crippen molar-refractivity contribution in [1.29, 1.82) is 0 Å². The lowest BCUT2D eigenvalue weighted by Crippen LogP contribution is -2.17. The van der Waals surface area contributed by atoms with Gasteiger partial charge in [-0.1, -0.05) is 6.07 Å². The Bertz CT molecular complexity index is 790. The van der Waals surface area contributed by atoms with E-state index in [9.17, 15) is 0 Å². The smallest absolute Gasteiger partial charge is 0.225 e. The zero-order chi connectivity index (χ0) is 15.7. The highest BCUT2D eigenvalue weighted by atomic mass is 79.9. The van der Waals surface area contributed by atoms with E-state index >= 15 is 0 Å². The van der Waals surface area contributed by atoms with E-state index in [1.54, 1.807) is 22.7 Å². The second kappa shape index (κ2) is 8.09. The Hall–Kier alpha value is -0.440. The summed E-state index contributed by atoms with van der Waals surface area (Å²) >= 11 is 13.1. The molecule has 0 saturated heterocycles. The summed E-state index contributed by atoms with van der Waals surface area (Å²) in [5.41, 5.74) is 6.76. The molecule has 0 aliphatic heterocycles. The lowest BCUT2D eigenvalue weighted by atomic mass is 10.2. The maximum atomic E-state index is 6.07. The van der Waals surface area contributed by atoms with Crippen molar-refractivity contribution < 1.29 is 0 Å². The van der Waals surface area contributed by atoms with Gasteiger partial charge in [0.1, 0.15) is 11.3 Å². The van der Waals surface area contributed by atoms with Crippen LogP contribution in [-0.2, 0) is 13.0 Å². The first-order valence-corrected chi connectivity index (χ1v) is 9.57. The van der Waals surface area contributed by atoms with E-state index in [1.807, 2.05) is 13.0 Å². The van der Waals surface area contributed by atoms with Gasteiger partial charge in [-0.3, -0.25) is 0 Å². The van der Waals surface area contributed by atoms with Gasteiger partial charge in [0.25, 0.3) is 0 Å². The number of fused-ring (bicyclic) bond motifs is 1. The standard InChI is InChI=1S/C14H14BrClN4S2.ClH/c1-7(17)5-9-10(15)11-12(22-9)13(20-14(16)19-11)18-6-8-3-2-4-21-8;/h2-4,7H,5-6,17H2,1H3,(H,18,19,20);1H. The van der Waals surface area contributed by atoms with Gasteiger partial charge in [-0.05, 0) is 52.3 Å². The van der Waals surface area contributed by atoms with Crippen LogP contribution in [0.2, 0.25) is 5.28 Å². The number of hydrogen-bond acceptors (Lipinski definition) is 6. The first kappa shape index (κ1) is 18.9. The van der Waals surface area contributed by atoms with E-state index in [4.69, 9.17) is 17.3 Å². The molecule has 0 fully saturated rings. The molecule has 0 aliphatic carbocycles. The molecule has 0 spiro atoms. The van der Waals surface area contributed by atoms with Crippen LogP contribution in [0.3, 0.4) is 0 Å². The van der Waals surface area contributed by atoms with Crippen LogP contribution in [-0.4, -0.2) is 16.0 Å². The number of halogens is 3. The first-order chi connectivity index (χ1) is 10.5. The van der Waals surface area contributed by atoms with E-state index in [0.717, 1.165) is 33.5 Å². The van der Waals surface area contributed by atoms with Crippen molar-refractivity contribution in [3.05, 3.63) is 37.0 Å². The second-order valence-corrected chi connectivity index (χ2v) is 8.24. The largest absolute Gasteiger partial charge is 0.364 e. The molecule has 0 aromatic carbocycles. The monoisotopic (exact) mass is 452 g/mol. The summed E-state index contributed by atoms with van der Waals surface area (Å²) in [4.78, 5) is 11.1. The van der Waals surface area contributed by atoms with Crippen molar-refractivity contribution in [1.82, 2.24) is 9.97 Å². The van der Waals surface area contributed by atoms with Crippen molar-refractivity contribution in [2.24, 2.45) is 5.73 Å². The minimum atomic E-state index is 0. The minimum absolute atomic E-state index is 0. The molecule has 1 unspecified atom stereocenters. The van der Waals surface area contributed by atoms with Crippen LogP contribution in [0.1, 0.15) is 16.7 Å². The average molecular weight is 454 g/mol. The van der Waals surface area contributed by atoms with Crippen molar-refractivity contribution in [3.8, 4) is 0 Å². The van der Waals surface area contributed by atoms with Crippen molar-refractivity contribution in [3.63, 3.8) is 0 Å². The Morgan fingerprint density at radius 2 is 2.22 bits per heavy atom. The van der Waals surface area contributed by atoms with E-state index < -0.39 is 0 Å². The molecule has 4 nitrogen and oxygen atoms in total. The van der Waals surface area contributed by atoms with Gasteiger partial charge >= 0.3 is 0 Å². The summed E-state index contributed by atoms with van der Waals surface area (Å²) in [6.07, 6.45) is 0.795. The average Bonchev–Trinajstić information content (AvgIpc) is 3.07. The Morgan fingerprint density at radius 3 is 2.87 bits per heavy atom. The third-order valence-electron chi connectivity index (χ3n) is 3.03. The molecular formula is C14H15BrCl2N4S2. The van der Waals surface area contributed by atoms with E-state index in [2.05, 4.69) is 42.7 Å². The van der Waals surface area contributed by atoms with Gasteiger partial charge in [-0.2, -0.15) is 4.98 Å². The molecule has 9 heteroatoms. The summed E-state index contributed by atoms with van der Waals surface area (Å²) < 4.78 is 1.97. The predicted molar refractivity (Wildman–Crippen MR) is 106 cm³/mol. The number of aromatic nitrogens is 2. The molecule has 3 aromatic heterocycles. The number of rotatable bonds is 5. The minimum Gasteiger partial charge on any atom is -0.364 e. The van der Waals surface area contributed by atoms with Gasteiger partial charge in [0, 0.05) is 15.8 Å².